The number of carbonyl (C=O) groups is 1. The van der Waals surface area contributed by atoms with E-state index in [9.17, 15) is 4.79 Å². The van der Waals surface area contributed by atoms with Gasteiger partial charge in [0.2, 0.25) is 5.91 Å². The Labute approximate surface area is 169 Å². The van der Waals surface area contributed by atoms with Gasteiger partial charge in [-0.25, -0.2) is 0 Å². The Balaban J connectivity index is 1.78. The van der Waals surface area contributed by atoms with Crippen molar-refractivity contribution in [3.8, 4) is 0 Å². The van der Waals surface area contributed by atoms with E-state index < -0.39 is 0 Å². The fourth-order valence-electron chi connectivity index (χ4n) is 3.11. The van der Waals surface area contributed by atoms with Crippen molar-refractivity contribution >= 4 is 21.8 Å². The van der Waals surface area contributed by atoms with Gasteiger partial charge in [0.1, 0.15) is 0 Å². The number of nitrogens with zero attached hydrogens (tertiary/aromatic N) is 2. The number of rotatable bonds is 7. The highest BCUT2D eigenvalue weighted by Gasteiger charge is 2.19. The molecule has 0 aliphatic rings. The van der Waals surface area contributed by atoms with E-state index in [1.807, 2.05) is 36.9 Å². The summed E-state index contributed by atoms with van der Waals surface area (Å²) in [6.07, 6.45) is 2.08. The zero-order valence-electron chi connectivity index (χ0n) is 15.8. The molecule has 1 aromatic heterocycles. The molecule has 0 aliphatic heterocycles. The molecule has 3 aromatic rings. The summed E-state index contributed by atoms with van der Waals surface area (Å²) >= 11 is 3.48. The molecule has 0 saturated heterocycles. The number of benzene rings is 2. The summed E-state index contributed by atoms with van der Waals surface area (Å²) in [5, 5.41) is 0. The minimum Gasteiger partial charge on any atom is -0.345 e. The van der Waals surface area contributed by atoms with Gasteiger partial charge in [0, 0.05) is 35.4 Å². The van der Waals surface area contributed by atoms with Crippen LogP contribution in [0.4, 0.5) is 0 Å². The van der Waals surface area contributed by atoms with Crippen molar-refractivity contribution in [2.75, 3.05) is 0 Å². The normalized spacial score (nSPS) is 11.0. The average Bonchev–Trinajstić information content (AvgIpc) is 3.10. The van der Waals surface area contributed by atoms with E-state index in [0.717, 1.165) is 22.3 Å². The van der Waals surface area contributed by atoms with Gasteiger partial charge in [0.05, 0.1) is 6.54 Å². The van der Waals surface area contributed by atoms with Crippen molar-refractivity contribution in [1.82, 2.24) is 9.47 Å². The standard InChI is InChI=1S/C23H25BrN2O/c1-18(2)23(27)26(16-19-7-4-3-5-8-19)17-22-9-6-14-25(22)15-20-10-12-21(24)13-11-20/h3-14,18H,15-17H2,1-2H3. The maximum Gasteiger partial charge on any atom is 0.225 e. The summed E-state index contributed by atoms with van der Waals surface area (Å²) in [6, 6.07) is 22.7. The van der Waals surface area contributed by atoms with E-state index in [0.29, 0.717) is 13.1 Å². The number of carbonyl (C=O) groups excluding carboxylic acids is 1. The Morgan fingerprint density at radius 1 is 0.926 bits per heavy atom. The van der Waals surface area contributed by atoms with Crippen LogP contribution in [0.1, 0.15) is 30.7 Å². The lowest BCUT2D eigenvalue weighted by Gasteiger charge is -2.25. The van der Waals surface area contributed by atoms with Crippen LogP contribution in [0.3, 0.4) is 0 Å². The van der Waals surface area contributed by atoms with Crippen LogP contribution in [0.25, 0.3) is 0 Å². The van der Waals surface area contributed by atoms with Gasteiger partial charge < -0.3 is 9.47 Å². The predicted molar refractivity (Wildman–Crippen MR) is 113 cm³/mol. The SMILES string of the molecule is CC(C)C(=O)N(Cc1ccccc1)Cc1cccn1Cc1ccc(Br)cc1. The molecule has 0 aliphatic carbocycles. The molecule has 0 saturated carbocycles. The maximum absolute atomic E-state index is 12.8. The van der Waals surface area contributed by atoms with Crippen molar-refractivity contribution in [2.24, 2.45) is 5.92 Å². The molecular formula is C23H25BrN2O. The second-order valence-corrected chi connectivity index (χ2v) is 8.00. The smallest absolute Gasteiger partial charge is 0.225 e. The fourth-order valence-corrected chi connectivity index (χ4v) is 3.37. The summed E-state index contributed by atoms with van der Waals surface area (Å²) < 4.78 is 3.30. The lowest BCUT2D eigenvalue weighted by Crippen LogP contribution is -2.34. The zero-order chi connectivity index (χ0) is 19.2. The third-order valence-electron chi connectivity index (χ3n) is 4.56. The number of hydrogen-bond acceptors (Lipinski definition) is 1. The van der Waals surface area contributed by atoms with Crippen molar-refractivity contribution in [1.29, 1.82) is 0 Å². The lowest BCUT2D eigenvalue weighted by atomic mass is 10.1. The summed E-state index contributed by atoms with van der Waals surface area (Å²) in [6.45, 7) is 5.95. The molecule has 140 valence electrons. The van der Waals surface area contributed by atoms with Crippen LogP contribution in [0, 0.1) is 5.92 Å². The molecule has 0 spiro atoms. The van der Waals surface area contributed by atoms with E-state index in [-0.39, 0.29) is 11.8 Å². The summed E-state index contributed by atoms with van der Waals surface area (Å²) in [5.41, 5.74) is 3.53. The highest BCUT2D eigenvalue weighted by molar-refractivity contribution is 9.10. The molecule has 2 aromatic carbocycles. The van der Waals surface area contributed by atoms with Gasteiger partial charge in [-0.3, -0.25) is 4.79 Å². The molecule has 0 fully saturated rings. The fraction of sp³-hybridized carbons (Fsp3) is 0.261. The van der Waals surface area contributed by atoms with Crippen LogP contribution >= 0.6 is 15.9 Å². The van der Waals surface area contributed by atoms with Gasteiger partial charge in [-0.2, -0.15) is 0 Å². The second-order valence-electron chi connectivity index (χ2n) is 7.09. The van der Waals surface area contributed by atoms with Crippen LogP contribution < -0.4 is 0 Å². The van der Waals surface area contributed by atoms with Crippen LogP contribution in [0.15, 0.2) is 77.4 Å². The third-order valence-corrected chi connectivity index (χ3v) is 5.09. The van der Waals surface area contributed by atoms with Crippen LogP contribution in [-0.2, 0) is 24.4 Å². The molecule has 1 heterocycles. The second kappa shape index (κ2) is 9.05. The monoisotopic (exact) mass is 424 g/mol. The van der Waals surface area contributed by atoms with Crippen LogP contribution in [-0.4, -0.2) is 15.4 Å². The molecule has 3 rings (SSSR count). The molecule has 1 amide bonds. The van der Waals surface area contributed by atoms with E-state index in [2.05, 4.69) is 75.2 Å². The molecule has 0 N–H and O–H groups in total. The Morgan fingerprint density at radius 3 is 2.30 bits per heavy atom. The number of hydrogen-bond donors (Lipinski definition) is 0. The first-order chi connectivity index (χ1) is 13.0. The molecular weight excluding hydrogens is 400 g/mol. The van der Waals surface area contributed by atoms with Crippen LogP contribution in [0.2, 0.25) is 0 Å². The van der Waals surface area contributed by atoms with Gasteiger partial charge >= 0.3 is 0 Å². The van der Waals surface area contributed by atoms with E-state index in [1.165, 1.54) is 5.56 Å². The summed E-state index contributed by atoms with van der Waals surface area (Å²) in [5.74, 6) is 0.152. The molecule has 4 heteroatoms. The van der Waals surface area contributed by atoms with E-state index in [4.69, 9.17) is 0 Å². The molecule has 0 bridgehead atoms. The first-order valence-electron chi connectivity index (χ1n) is 9.24. The molecule has 3 nitrogen and oxygen atoms in total. The predicted octanol–water partition coefficient (Wildman–Crippen LogP) is 5.48. The highest BCUT2D eigenvalue weighted by Crippen LogP contribution is 2.17. The van der Waals surface area contributed by atoms with Gasteiger partial charge in [-0.05, 0) is 35.4 Å². The number of halogens is 1. The topological polar surface area (TPSA) is 25.2 Å². The maximum atomic E-state index is 12.8. The van der Waals surface area contributed by atoms with Crippen molar-refractivity contribution < 1.29 is 4.79 Å². The molecule has 0 radical (unpaired) electrons. The average molecular weight is 425 g/mol. The van der Waals surface area contributed by atoms with Crippen molar-refractivity contribution in [2.45, 2.75) is 33.5 Å². The number of aromatic nitrogens is 1. The van der Waals surface area contributed by atoms with Crippen LogP contribution in [0.5, 0.6) is 0 Å². The Hall–Kier alpha value is -2.33. The summed E-state index contributed by atoms with van der Waals surface area (Å²) in [4.78, 5) is 14.7. The first-order valence-corrected chi connectivity index (χ1v) is 10.0. The Kier molecular flexibility index (Phi) is 6.51. The molecule has 0 atom stereocenters. The third kappa shape index (κ3) is 5.33. The van der Waals surface area contributed by atoms with Crippen molar-refractivity contribution in [3.05, 3.63) is 94.2 Å². The van der Waals surface area contributed by atoms with Gasteiger partial charge in [0.15, 0.2) is 0 Å². The Bertz CT molecular complexity index is 869. The molecule has 27 heavy (non-hydrogen) atoms. The molecule has 0 unspecified atom stereocenters. The quantitative estimate of drug-likeness (QED) is 0.492. The minimum atomic E-state index is -0.0244. The first kappa shape index (κ1) is 19.4. The highest BCUT2D eigenvalue weighted by atomic mass is 79.9. The van der Waals surface area contributed by atoms with Crippen molar-refractivity contribution in [3.63, 3.8) is 0 Å². The Morgan fingerprint density at radius 2 is 1.63 bits per heavy atom. The summed E-state index contributed by atoms with van der Waals surface area (Å²) in [7, 11) is 0. The number of amides is 1. The van der Waals surface area contributed by atoms with Gasteiger partial charge in [0.25, 0.3) is 0 Å². The van der Waals surface area contributed by atoms with E-state index >= 15 is 0 Å². The van der Waals surface area contributed by atoms with E-state index in [1.54, 1.807) is 0 Å². The largest absolute Gasteiger partial charge is 0.345 e. The minimum absolute atomic E-state index is 0.0244. The zero-order valence-corrected chi connectivity index (χ0v) is 17.4. The van der Waals surface area contributed by atoms with Gasteiger partial charge in [-0.1, -0.05) is 72.2 Å². The van der Waals surface area contributed by atoms with Gasteiger partial charge in [-0.15, -0.1) is 0 Å². The lowest BCUT2D eigenvalue weighted by molar-refractivity contribution is -0.135.